The van der Waals surface area contributed by atoms with E-state index in [9.17, 15) is 9.59 Å². The molecule has 0 saturated heterocycles. The lowest BCUT2D eigenvalue weighted by molar-refractivity contribution is -0.130. The zero-order chi connectivity index (χ0) is 20.9. The van der Waals surface area contributed by atoms with Crippen molar-refractivity contribution in [2.45, 2.75) is 47.0 Å². The summed E-state index contributed by atoms with van der Waals surface area (Å²) in [6.45, 7) is 8.74. The van der Waals surface area contributed by atoms with Crippen molar-refractivity contribution < 1.29 is 19.1 Å². The van der Waals surface area contributed by atoms with Gasteiger partial charge in [-0.1, -0.05) is 26.8 Å². The van der Waals surface area contributed by atoms with Crippen molar-refractivity contribution >= 4 is 17.8 Å². The standard InChI is InChI=1S/C23H33NO4/c1-7-27-20-14-16(11-12-19(20)28-15-21(25)24(5)6)13-17-9-8-10-18(22(17)26)23(2,3)4/h11-14,18H,7-10,15H2,1-6H3/b17-13+/t18-/m1/s1. The van der Waals surface area contributed by atoms with E-state index in [4.69, 9.17) is 9.47 Å². The van der Waals surface area contributed by atoms with Crippen LogP contribution in [0.1, 0.15) is 52.5 Å². The molecule has 0 bridgehead atoms. The first-order valence-electron chi connectivity index (χ1n) is 9.98. The van der Waals surface area contributed by atoms with Gasteiger partial charge in [0, 0.05) is 20.0 Å². The number of allylic oxidation sites excluding steroid dienone is 1. The number of hydrogen-bond donors (Lipinski definition) is 0. The second-order valence-electron chi connectivity index (χ2n) is 8.56. The third kappa shape index (κ3) is 5.60. The van der Waals surface area contributed by atoms with Crippen LogP contribution in [0.25, 0.3) is 6.08 Å². The van der Waals surface area contributed by atoms with Crippen molar-refractivity contribution in [2.24, 2.45) is 11.3 Å². The molecule has 2 rings (SSSR count). The summed E-state index contributed by atoms with van der Waals surface area (Å²) in [6, 6.07) is 5.58. The molecule has 1 amide bonds. The molecular formula is C23H33NO4. The molecule has 5 heteroatoms. The van der Waals surface area contributed by atoms with E-state index in [1.54, 1.807) is 20.2 Å². The topological polar surface area (TPSA) is 55.8 Å². The van der Waals surface area contributed by atoms with Crippen LogP contribution in [0.5, 0.6) is 11.5 Å². The summed E-state index contributed by atoms with van der Waals surface area (Å²) < 4.78 is 11.3. The van der Waals surface area contributed by atoms with Crippen molar-refractivity contribution in [3.8, 4) is 11.5 Å². The van der Waals surface area contributed by atoms with Crippen LogP contribution < -0.4 is 9.47 Å². The average Bonchev–Trinajstić information content (AvgIpc) is 2.61. The number of carbonyl (C=O) groups is 2. The number of hydrogen-bond acceptors (Lipinski definition) is 4. The number of nitrogens with zero attached hydrogens (tertiary/aromatic N) is 1. The van der Waals surface area contributed by atoms with E-state index in [0.717, 1.165) is 30.4 Å². The molecule has 0 radical (unpaired) electrons. The summed E-state index contributed by atoms with van der Waals surface area (Å²) in [5, 5.41) is 0. The Hall–Kier alpha value is -2.30. The van der Waals surface area contributed by atoms with Gasteiger partial charge in [-0.05, 0) is 60.9 Å². The van der Waals surface area contributed by atoms with E-state index in [-0.39, 0.29) is 29.6 Å². The minimum Gasteiger partial charge on any atom is -0.490 e. The summed E-state index contributed by atoms with van der Waals surface area (Å²) >= 11 is 0. The van der Waals surface area contributed by atoms with Gasteiger partial charge in [0.15, 0.2) is 23.9 Å². The Balaban J connectivity index is 2.24. The molecule has 28 heavy (non-hydrogen) atoms. The minimum absolute atomic E-state index is 0.0241. The lowest BCUT2D eigenvalue weighted by atomic mass is 9.70. The monoisotopic (exact) mass is 387 g/mol. The Kier molecular flexibility index (Phi) is 7.28. The molecule has 1 aromatic rings. The second-order valence-corrected chi connectivity index (χ2v) is 8.56. The van der Waals surface area contributed by atoms with E-state index in [2.05, 4.69) is 20.8 Å². The maximum Gasteiger partial charge on any atom is 0.259 e. The zero-order valence-electron chi connectivity index (χ0n) is 18.0. The van der Waals surface area contributed by atoms with Gasteiger partial charge >= 0.3 is 0 Å². The highest BCUT2D eigenvalue weighted by Crippen LogP contribution is 2.38. The highest BCUT2D eigenvalue weighted by Gasteiger charge is 2.35. The van der Waals surface area contributed by atoms with E-state index in [1.807, 2.05) is 25.1 Å². The molecular weight excluding hydrogens is 354 g/mol. The van der Waals surface area contributed by atoms with Gasteiger partial charge in [-0.15, -0.1) is 0 Å². The first-order chi connectivity index (χ1) is 13.1. The average molecular weight is 388 g/mol. The number of amides is 1. The van der Waals surface area contributed by atoms with E-state index >= 15 is 0 Å². The lowest BCUT2D eigenvalue weighted by Gasteiger charge is -2.33. The fraction of sp³-hybridized carbons (Fsp3) is 0.565. The second kappa shape index (κ2) is 9.26. The summed E-state index contributed by atoms with van der Waals surface area (Å²) in [5.41, 5.74) is 1.77. The first kappa shape index (κ1) is 22.0. The highest BCUT2D eigenvalue weighted by molar-refractivity contribution is 6.02. The maximum atomic E-state index is 12.9. The maximum absolute atomic E-state index is 12.9. The number of rotatable bonds is 6. The van der Waals surface area contributed by atoms with Gasteiger partial charge in [0.05, 0.1) is 6.61 Å². The molecule has 0 aromatic heterocycles. The predicted octanol–water partition coefficient (Wildman–Crippen LogP) is 4.35. The number of ketones is 1. The van der Waals surface area contributed by atoms with Crippen LogP contribution in [0.15, 0.2) is 23.8 Å². The van der Waals surface area contributed by atoms with Gasteiger partial charge in [-0.3, -0.25) is 9.59 Å². The van der Waals surface area contributed by atoms with Crippen molar-refractivity contribution in [3.05, 3.63) is 29.3 Å². The van der Waals surface area contributed by atoms with Gasteiger partial charge in [0.1, 0.15) is 0 Å². The predicted molar refractivity (Wildman–Crippen MR) is 112 cm³/mol. The molecule has 1 aliphatic carbocycles. The van der Waals surface area contributed by atoms with E-state index in [1.165, 1.54) is 4.90 Å². The molecule has 0 heterocycles. The van der Waals surface area contributed by atoms with Crippen molar-refractivity contribution in [1.29, 1.82) is 0 Å². The van der Waals surface area contributed by atoms with Crippen molar-refractivity contribution in [3.63, 3.8) is 0 Å². The summed E-state index contributed by atoms with van der Waals surface area (Å²) in [7, 11) is 3.38. The number of Topliss-reactive ketones (excluding diaryl/α,β-unsaturated/α-hetero) is 1. The molecule has 1 saturated carbocycles. The molecule has 0 aliphatic heterocycles. The third-order valence-electron chi connectivity index (χ3n) is 5.08. The SMILES string of the molecule is CCOc1cc(/C=C2\CCC[C@@H](C(C)(C)C)C2=O)ccc1OCC(=O)N(C)C. The fourth-order valence-electron chi connectivity index (χ4n) is 3.42. The van der Waals surface area contributed by atoms with Crippen LogP contribution >= 0.6 is 0 Å². The molecule has 1 aliphatic rings. The molecule has 1 fully saturated rings. The molecule has 1 aromatic carbocycles. The summed E-state index contributed by atoms with van der Waals surface area (Å²) in [5.74, 6) is 1.32. The Morgan fingerprint density at radius 1 is 1.21 bits per heavy atom. The third-order valence-corrected chi connectivity index (χ3v) is 5.08. The van der Waals surface area contributed by atoms with Crippen LogP contribution in [0.4, 0.5) is 0 Å². The van der Waals surface area contributed by atoms with Gasteiger partial charge < -0.3 is 14.4 Å². The molecule has 154 valence electrons. The fourth-order valence-corrected chi connectivity index (χ4v) is 3.42. The van der Waals surface area contributed by atoms with Crippen molar-refractivity contribution in [1.82, 2.24) is 4.90 Å². The minimum atomic E-state index is -0.116. The van der Waals surface area contributed by atoms with Crippen LogP contribution in [-0.4, -0.2) is 43.9 Å². The van der Waals surface area contributed by atoms with E-state index in [0.29, 0.717) is 18.1 Å². The van der Waals surface area contributed by atoms with Gasteiger partial charge in [-0.25, -0.2) is 0 Å². The lowest BCUT2D eigenvalue weighted by Crippen LogP contribution is -2.32. The Labute approximate surface area is 168 Å². The quantitative estimate of drug-likeness (QED) is 0.681. The normalized spacial score (nSPS) is 18.9. The summed E-state index contributed by atoms with van der Waals surface area (Å²) in [6.07, 6.45) is 4.77. The Morgan fingerprint density at radius 3 is 2.54 bits per heavy atom. The van der Waals surface area contributed by atoms with E-state index < -0.39 is 0 Å². The molecule has 0 unspecified atom stereocenters. The van der Waals surface area contributed by atoms with Gasteiger partial charge in [-0.2, -0.15) is 0 Å². The largest absolute Gasteiger partial charge is 0.490 e. The smallest absolute Gasteiger partial charge is 0.259 e. The molecule has 0 N–H and O–H groups in total. The van der Waals surface area contributed by atoms with Crippen molar-refractivity contribution in [2.75, 3.05) is 27.3 Å². The van der Waals surface area contributed by atoms with Gasteiger partial charge in [0.25, 0.3) is 5.91 Å². The first-order valence-corrected chi connectivity index (χ1v) is 9.98. The molecule has 1 atom stereocenters. The Bertz CT molecular complexity index is 743. The number of benzene rings is 1. The van der Waals surface area contributed by atoms with Crippen LogP contribution in [0, 0.1) is 11.3 Å². The molecule has 5 nitrogen and oxygen atoms in total. The van der Waals surface area contributed by atoms with Crippen LogP contribution in [-0.2, 0) is 9.59 Å². The number of likely N-dealkylation sites (N-methyl/N-ethyl adjacent to an activating group) is 1. The van der Waals surface area contributed by atoms with Crippen LogP contribution in [0.2, 0.25) is 0 Å². The van der Waals surface area contributed by atoms with Gasteiger partial charge in [0.2, 0.25) is 0 Å². The zero-order valence-corrected chi connectivity index (χ0v) is 18.0. The number of ether oxygens (including phenoxy) is 2. The molecule has 0 spiro atoms. The number of carbonyl (C=O) groups excluding carboxylic acids is 2. The van der Waals surface area contributed by atoms with Crippen LogP contribution in [0.3, 0.4) is 0 Å². The Morgan fingerprint density at radius 2 is 1.93 bits per heavy atom. The summed E-state index contributed by atoms with van der Waals surface area (Å²) in [4.78, 5) is 26.2. The highest BCUT2D eigenvalue weighted by atomic mass is 16.5.